The summed E-state index contributed by atoms with van der Waals surface area (Å²) in [6.07, 6.45) is 7.10. The second kappa shape index (κ2) is 9.55. The number of methoxy groups -OCH3 is 1. The molecule has 0 radical (unpaired) electrons. The summed E-state index contributed by atoms with van der Waals surface area (Å²) in [5.41, 5.74) is 0.759. The van der Waals surface area contributed by atoms with Crippen molar-refractivity contribution in [1.29, 1.82) is 0 Å². The largest absolute Gasteiger partial charge is 0.493 e. The van der Waals surface area contributed by atoms with Crippen molar-refractivity contribution in [1.82, 2.24) is 5.32 Å². The van der Waals surface area contributed by atoms with Crippen molar-refractivity contribution in [2.45, 2.75) is 20.0 Å². The second-order valence-corrected chi connectivity index (χ2v) is 4.29. The SMILES string of the molecule is C/C=C/C=C/C(=O)NCCc1ccc(OC)c(OC(F)F)c1. The summed E-state index contributed by atoms with van der Waals surface area (Å²) in [4.78, 5) is 11.4. The van der Waals surface area contributed by atoms with E-state index in [-0.39, 0.29) is 17.4 Å². The van der Waals surface area contributed by atoms with Gasteiger partial charge in [0.05, 0.1) is 7.11 Å². The summed E-state index contributed by atoms with van der Waals surface area (Å²) in [6.45, 7) is -0.676. The van der Waals surface area contributed by atoms with Gasteiger partial charge >= 0.3 is 6.61 Å². The summed E-state index contributed by atoms with van der Waals surface area (Å²) in [5.74, 6) is 0.00680. The molecule has 22 heavy (non-hydrogen) atoms. The summed E-state index contributed by atoms with van der Waals surface area (Å²) < 4.78 is 34.0. The molecule has 0 aliphatic rings. The highest BCUT2D eigenvalue weighted by molar-refractivity contribution is 5.87. The highest BCUT2D eigenvalue weighted by Gasteiger charge is 2.11. The van der Waals surface area contributed by atoms with E-state index in [1.54, 1.807) is 24.3 Å². The first-order chi connectivity index (χ1) is 10.6. The molecule has 0 heterocycles. The Kier molecular flexibility index (Phi) is 7.67. The Bertz CT molecular complexity index is 542. The minimum absolute atomic E-state index is 0.0192. The topological polar surface area (TPSA) is 47.6 Å². The molecule has 1 N–H and O–H groups in total. The molecule has 6 heteroatoms. The van der Waals surface area contributed by atoms with Gasteiger partial charge in [0.1, 0.15) is 0 Å². The van der Waals surface area contributed by atoms with Crippen LogP contribution in [0.4, 0.5) is 8.78 Å². The molecule has 0 atom stereocenters. The van der Waals surface area contributed by atoms with Crippen LogP contribution in [-0.2, 0) is 11.2 Å². The number of carbonyl (C=O) groups is 1. The smallest absolute Gasteiger partial charge is 0.387 e. The van der Waals surface area contributed by atoms with Crippen molar-refractivity contribution in [3.05, 3.63) is 48.1 Å². The van der Waals surface area contributed by atoms with Crippen LogP contribution < -0.4 is 14.8 Å². The zero-order chi connectivity index (χ0) is 16.4. The normalized spacial score (nSPS) is 11.3. The third-order valence-electron chi connectivity index (χ3n) is 2.71. The van der Waals surface area contributed by atoms with E-state index in [2.05, 4.69) is 10.1 Å². The summed E-state index contributed by atoms with van der Waals surface area (Å²) >= 11 is 0. The fourth-order valence-corrected chi connectivity index (χ4v) is 1.71. The zero-order valence-electron chi connectivity index (χ0n) is 12.5. The van der Waals surface area contributed by atoms with Crippen LogP contribution in [0.3, 0.4) is 0 Å². The molecule has 0 fully saturated rings. The van der Waals surface area contributed by atoms with Crippen LogP contribution >= 0.6 is 0 Å². The first-order valence-electron chi connectivity index (χ1n) is 6.75. The zero-order valence-corrected chi connectivity index (χ0v) is 12.5. The molecule has 0 aromatic heterocycles. The van der Waals surface area contributed by atoms with Gasteiger partial charge in [0.15, 0.2) is 11.5 Å². The summed E-state index contributed by atoms with van der Waals surface area (Å²) in [5, 5.41) is 2.70. The molecule has 0 saturated carbocycles. The van der Waals surface area contributed by atoms with Crippen molar-refractivity contribution >= 4 is 5.91 Å². The number of rotatable bonds is 8. The fraction of sp³-hybridized carbons (Fsp3) is 0.312. The Hall–Kier alpha value is -2.37. The van der Waals surface area contributed by atoms with Crippen LogP contribution in [-0.4, -0.2) is 26.2 Å². The van der Waals surface area contributed by atoms with Gasteiger partial charge in [-0.25, -0.2) is 0 Å². The molecule has 4 nitrogen and oxygen atoms in total. The Labute approximate surface area is 128 Å². The molecule has 120 valence electrons. The Morgan fingerprint density at radius 2 is 2.09 bits per heavy atom. The van der Waals surface area contributed by atoms with E-state index in [0.29, 0.717) is 13.0 Å². The Morgan fingerprint density at radius 1 is 1.32 bits per heavy atom. The lowest BCUT2D eigenvalue weighted by Gasteiger charge is -2.11. The quantitative estimate of drug-likeness (QED) is 0.593. The van der Waals surface area contributed by atoms with Gasteiger partial charge in [-0.3, -0.25) is 4.79 Å². The molecule has 1 amide bonds. The predicted molar refractivity (Wildman–Crippen MR) is 80.3 cm³/mol. The van der Waals surface area contributed by atoms with Crippen LogP contribution in [0, 0.1) is 0 Å². The van der Waals surface area contributed by atoms with Gasteiger partial charge in [-0.15, -0.1) is 0 Å². The molecule has 0 aliphatic heterocycles. The number of amides is 1. The number of carbonyl (C=O) groups excluding carboxylic acids is 1. The van der Waals surface area contributed by atoms with E-state index in [1.807, 2.05) is 13.0 Å². The van der Waals surface area contributed by atoms with Crippen molar-refractivity contribution in [2.24, 2.45) is 0 Å². The van der Waals surface area contributed by atoms with Crippen molar-refractivity contribution in [3.8, 4) is 11.5 Å². The predicted octanol–water partition coefficient (Wildman–Crippen LogP) is 3.09. The molecule has 1 aromatic carbocycles. The molecular weight excluding hydrogens is 292 g/mol. The minimum Gasteiger partial charge on any atom is -0.493 e. The lowest BCUT2D eigenvalue weighted by atomic mass is 10.1. The number of hydrogen-bond acceptors (Lipinski definition) is 3. The maximum atomic E-state index is 12.3. The van der Waals surface area contributed by atoms with Crippen LogP contribution in [0.1, 0.15) is 12.5 Å². The van der Waals surface area contributed by atoms with Crippen molar-refractivity contribution in [3.63, 3.8) is 0 Å². The third-order valence-corrected chi connectivity index (χ3v) is 2.71. The molecule has 1 aromatic rings. The number of nitrogens with one attached hydrogen (secondary N) is 1. The molecule has 1 rings (SSSR count). The monoisotopic (exact) mass is 311 g/mol. The van der Waals surface area contributed by atoms with Gasteiger partial charge in [-0.1, -0.05) is 24.3 Å². The van der Waals surface area contributed by atoms with E-state index in [9.17, 15) is 13.6 Å². The maximum absolute atomic E-state index is 12.3. The van der Waals surface area contributed by atoms with Crippen LogP contribution in [0.2, 0.25) is 0 Å². The van der Waals surface area contributed by atoms with Gasteiger partial charge in [-0.2, -0.15) is 8.78 Å². The van der Waals surface area contributed by atoms with E-state index in [0.717, 1.165) is 5.56 Å². The fourth-order valence-electron chi connectivity index (χ4n) is 1.71. The standard InChI is InChI=1S/C16H19F2NO3/c1-3-4-5-6-15(20)19-10-9-12-7-8-13(21-2)14(11-12)22-16(17)18/h3-8,11,16H,9-10H2,1-2H3,(H,19,20)/b4-3+,6-5+. The molecule has 0 aliphatic carbocycles. The van der Waals surface area contributed by atoms with E-state index in [1.165, 1.54) is 19.3 Å². The lowest BCUT2D eigenvalue weighted by molar-refractivity contribution is -0.116. The number of hydrogen-bond donors (Lipinski definition) is 1. The number of allylic oxidation sites excluding steroid dienone is 3. The maximum Gasteiger partial charge on any atom is 0.387 e. The van der Waals surface area contributed by atoms with Gasteiger partial charge < -0.3 is 14.8 Å². The molecule has 0 bridgehead atoms. The van der Waals surface area contributed by atoms with Crippen molar-refractivity contribution < 1.29 is 23.0 Å². The molecule has 0 saturated heterocycles. The molecular formula is C16H19F2NO3. The number of halogens is 2. The molecule has 0 unspecified atom stereocenters. The van der Waals surface area contributed by atoms with Crippen LogP contribution in [0.5, 0.6) is 11.5 Å². The summed E-state index contributed by atoms with van der Waals surface area (Å²) in [6, 6.07) is 4.77. The van der Waals surface area contributed by atoms with Crippen molar-refractivity contribution in [2.75, 3.05) is 13.7 Å². The lowest BCUT2D eigenvalue weighted by Crippen LogP contribution is -2.23. The number of alkyl halides is 2. The first-order valence-corrected chi connectivity index (χ1v) is 6.75. The van der Waals surface area contributed by atoms with Crippen LogP contribution in [0.25, 0.3) is 0 Å². The van der Waals surface area contributed by atoms with Gasteiger partial charge in [0.25, 0.3) is 0 Å². The minimum atomic E-state index is -2.92. The average molecular weight is 311 g/mol. The van der Waals surface area contributed by atoms with Gasteiger partial charge in [0.2, 0.25) is 5.91 Å². The Balaban J connectivity index is 2.57. The van der Waals surface area contributed by atoms with E-state index >= 15 is 0 Å². The van der Waals surface area contributed by atoms with E-state index < -0.39 is 6.61 Å². The highest BCUT2D eigenvalue weighted by Crippen LogP contribution is 2.29. The Morgan fingerprint density at radius 3 is 2.73 bits per heavy atom. The summed E-state index contributed by atoms with van der Waals surface area (Å²) in [7, 11) is 1.38. The van der Waals surface area contributed by atoms with Gasteiger partial charge in [0, 0.05) is 12.6 Å². The average Bonchev–Trinajstić information content (AvgIpc) is 2.47. The van der Waals surface area contributed by atoms with E-state index in [4.69, 9.17) is 4.74 Å². The second-order valence-electron chi connectivity index (χ2n) is 4.29. The number of ether oxygens (including phenoxy) is 2. The first kappa shape index (κ1) is 17.7. The van der Waals surface area contributed by atoms with Crippen LogP contribution in [0.15, 0.2) is 42.5 Å². The number of benzene rings is 1. The molecule has 0 spiro atoms. The van der Waals surface area contributed by atoms with Gasteiger partial charge in [-0.05, 0) is 31.0 Å². The third kappa shape index (κ3) is 6.39. The highest BCUT2D eigenvalue weighted by atomic mass is 19.3.